The van der Waals surface area contributed by atoms with E-state index in [0.717, 1.165) is 10.6 Å². The molecular weight excluding hydrogens is 234 g/mol. The summed E-state index contributed by atoms with van der Waals surface area (Å²) in [6.07, 6.45) is 3.33. The molecule has 1 aromatic heterocycles. The number of rotatable bonds is 1. The number of nitrogens with one attached hydrogen (secondary N) is 1. The number of anilines is 1. The number of thioether (sulfide) groups is 1. The van der Waals surface area contributed by atoms with Gasteiger partial charge in [-0.1, -0.05) is 23.9 Å². The van der Waals surface area contributed by atoms with E-state index in [2.05, 4.69) is 5.32 Å². The average Bonchev–Trinajstić information content (AvgIpc) is 2.83. The molecule has 0 atom stereocenters. The number of para-hydroxylation sites is 1. The summed E-state index contributed by atoms with van der Waals surface area (Å²) >= 11 is 1.45. The lowest BCUT2D eigenvalue weighted by atomic mass is 10.3. The number of hydrogen-bond acceptors (Lipinski definition) is 3. The summed E-state index contributed by atoms with van der Waals surface area (Å²) in [5, 5.41) is 2.85. The van der Waals surface area contributed by atoms with Gasteiger partial charge >= 0.3 is 0 Å². The zero-order valence-corrected chi connectivity index (χ0v) is 9.66. The fourth-order valence-electron chi connectivity index (χ4n) is 1.61. The van der Waals surface area contributed by atoms with Crippen molar-refractivity contribution in [2.45, 2.75) is 4.90 Å². The molecule has 0 fully saturated rings. The Labute approximate surface area is 103 Å². The van der Waals surface area contributed by atoms with Gasteiger partial charge in [0.25, 0.3) is 5.91 Å². The highest BCUT2D eigenvalue weighted by Crippen LogP contribution is 2.38. The average molecular weight is 243 g/mol. The molecule has 0 bridgehead atoms. The van der Waals surface area contributed by atoms with Crippen LogP contribution in [-0.2, 0) is 4.79 Å². The van der Waals surface area contributed by atoms with E-state index < -0.39 is 0 Å². The molecule has 1 amide bonds. The Balaban J connectivity index is 1.97. The highest BCUT2D eigenvalue weighted by molar-refractivity contribution is 8.04. The standard InChI is InChI=1S/C13H9NO2S/c15-13-12(8-9-4-3-7-16-9)17-11-6-2-1-5-10(11)14-13/h1-8H,(H,14,15)/b12-8-. The summed E-state index contributed by atoms with van der Waals surface area (Å²) in [6.45, 7) is 0. The van der Waals surface area contributed by atoms with Gasteiger partial charge in [-0.25, -0.2) is 0 Å². The minimum Gasteiger partial charge on any atom is -0.465 e. The number of furan rings is 1. The van der Waals surface area contributed by atoms with Crippen LogP contribution in [0.3, 0.4) is 0 Å². The van der Waals surface area contributed by atoms with E-state index in [1.54, 1.807) is 18.4 Å². The molecular formula is C13H9NO2S. The van der Waals surface area contributed by atoms with E-state index in [4.69, 9.17) is 4.42 Å². The van der Waals surface area contributed by atoms with Gasteiger partial charge in [-0.05, 0) is 24.3 Å². The highest BCUT2D eigenvalue weighted by atomic mass is 32.2. The molecule has 0 radical (unpaired) electrons. The molecule has 1 aromatic carbocycles. The minimum atomic E-state index is -0.0925. The van der Waals surface area contributed by atoms with Crippen molar-refractivity contribution in [3.63, 3.8) is 0 Å². The number of carbonyl (C=O) groups is 1. The Hall–Kier alpha value is -1.94. The Bertz CT molecular complexity index is 587. The van der Waals surface area contributed by atoms with Gasteiger partial charge in [0.2, 0.25) is 0 Å². The van der Waals surface area contributed by atoms with E-state index in [0.29, 0.717) is 10.7 Å². The van der Waals surface area contributed by atoms with Gasteiger partial charge < -0.3 is 9.73 Å². The lowest BCUT2D eigenvalue weighted by Gasteiger charge is -2.17. The Morgan fingerprint density at radius 2 is 2.06 bits per heavy atom. The topological polar surface area (TPSA) is 42.2 Å². The predicted molar refractivity (Wildman–Crippen MR) is 67.6 cm³/mol. The first kappa shape index (κ1) is 10.2. The fraction of sp³-hybridized carbons (Fsp3) is 0. The first-order chi connectivity index (χ1) is 8.33. The Morgan fingerprint density at radius 1 is 1.18 bits per heavy atom. The molecule has 4 heteroatoms. The molecule has 3 rings (SSSR count). The molecule has 84 valence electrons. The molecule has 1 aliphatic heterocycles. The van der Waals surface area contributed by atoms with Crippen LogP contribution in [-0.4, -0.2) is 5.91 Å². The third-order valence-corrected chi connectivity index (χ3v) is 3.49. The number of carbonyl (C=O) groups excluding carboxylic acids is 1. The second-order valence-electron chi connectivity index (χ2n) is 3.58. The Morgan fingerprint density at radius 3 is 2.88 bits per heavy atom. The van der Waals surface area contributed by atoms with Crippen LogP contribution in [0.4, 0.5) is 5.69 Å². The first-order valence-corrected chi connectivity index (χ1v) is 5.98. The highest BCUT2D eigenvalue weighted by Gasteiger charge is 2.20. The zero-order valence-electron chi connectivity index (χ0n) is 8.84. The number of fused-ring (bicyclic) bond motifs is 1. The van der Waals surface area contributed by atoms with Crippen molar-refractivity contribution in [3.8, 4) is 0 Å². The fourth-order valence-corrected chi connectivity index (χ4v) is 2.54. The maximum absolute atomic E-state index is 11.8. The molecule has 0 unspecified atom stereocenters. The summed E-state index contributed by atoms with van der Waals surface area (Å²) in [4.78, 5) is 13.5. The summed E-state index contributed by atoms with van der Waals surface area (Å²) in [7, 11) is 0. The Kier molecular flexibility index (Phi) is 2.49. The van der Waals surface area contributed by atoms with Gasteiger partial charge in [0, 0.05) is 11.0 Å². The normalized spacial score (nSPS) is 16.7. The molecule has 17 heavy (non-hydrogen) atoms. The molecule has 2 aromatic rings. The van der Waals surface area contributed by atoms with Crippen LogP contribution in [0.1, 0.15) is 5.76 Å². The molecule has 2 heterocycles. The summed E-state index contributed by atoms with van der Waals surface area (Å²) in [6, 6.07) is 11.3. The van der Waals surface area contributed by atoms with E-state index >= 15 is 0 Å². The summed E-state index contributed by atoms with van der Waals surface area (Å²) in [5.74, 6) is 0.590. The van der Waals surface area contributed by atoms with Crippen molar-refractivity contribution in [2.75, 3.05) is 5.32 Å². The SMILES string of the molecule is O=C1Nc2ccccc2S/C1=C\c1ccco1. The van der Waals surface area contributed by atoms with Gasteiger partial charge in [0.1, 0.15) is 5.76 Å². The molecule has 3 nitrogen and oxygen atoms in total. The molecule has 1 aliphatic rings. The van der Waals surface area contributed by atoms with E-state index in [9.17, 15) is 4.79 Å². The van der Waals surface area contributed by atoms with Gasteiger partial charge in [-0.15, -0.1) is 0 Å². The predicted octanol–water partition coefficient (Wildman–Crippen LogP) is 3.36. The molecule has 0 spiro atoms. The lowest BCUT2D eigenvalue weighted by Crippen LogP contribution is -2.16. The maximum Gasteiger partial charge on any atom is 0.262 e. The maximum atomic E-state index is 11.8. The number of benzene rings is 1. The summed E-state index contributed by atoms with van der Waals surface area (Å²) < 4.78 is 5.20. The lowest BCUT2D eigenvalue weighted by molar-refractivity contribution is -0.112. The van der Waals surface area contributed by atoms with Gasteiger partial charge in [0.15, 0.2) is 0 Å². The van der Waals surface area contributed by atoms with Crippen LogP contribution >= 0.6 is 11.8 Å². The van der Waals surface area contributed by atoms with Crippen LogP contribution in [0.15, 0.2) is 56.9 Å². The molecule has 1 N–H and O–H groups in total. The number of hydrogen-bond donors (Lipinski definition) is 1. The van der Waals surface area contributed by atoms with E-state index in [1.165, 1.54) is 11.8 Å². The second kappa shape index (κ2) is 4.14. The third kappa shape index (κ3) is 1.99. The van der Waals surface area contributed by atoms with Crippen molar-refractivity contribution in [3.05, 3.63) is 53.3 Å². The van der Waals surface area contributed by atoms with Crippen molar-refractivity contribution in [1.29, 1.82) is 0 Å². The largest absolute Gasteiger partial charge is 0.465 e. The second-order valence-corrected chi connectivity index (χ2v) is 4.66. The molecule has 0 saturated carbocycles. The van der Waals surface area contributed by atoms with Gasteiger partial charge in [-0.2, -0.15) is 0 Å². The van der Waals surface area contributed by atoms with Crippen LogP contribution in [0.5, 0.6) is 0 Å². The quantitative estimate of drug-likeness (QED) is 0.781. The van der Waals surface area contributed by atoms with Crippen molar-refractivity contribution < 1.29 is 9.21 Å². The smallest absolute Gasteiger partial charge is 0.262 e. The summed E-state index contributed by atoms with van der Waals surface area (Å²) in [5.41, 5.74) is 0.860. The monoisotopic (exact) mass is 243 g/mol. The molecule has 0 aliphatic carbocycles. The van der Waals surface area contributed by atoms with E-state index in [1.807, 2.05) is 30.3 Å². The first-order valence-electron chi connectivity index (χ1n) is 5.16. The minimum absolute atomic E-state index is 0.0925. The van der Waals surface area contributed by atoms with Crippen LogP contribution < -0.4 is 5.32 Å². The van der Waals surface area contributed by atoms with Crippen LogP contribution in [0.25, 0.3) is 6.08 Å². The third-order valence-electron chi connectivity index (χ3n) is 2.40. The zero-order chi connectivity index (χ0) is 11.7. The van der Waals surface area contributed by atoms with Crippen molar-refractivity contribution in [1.82, 2.24) is 0 Å². The number of amides is 1. The van der Waals surface area contributed by atoms with Crippen LogP contribution in [0, 0.1) is 0 Å². The van der Waals surface area contributed by atoms with Gasteiger partial charge in [-0.3, -0.25) is 4.79 Å². The van der Waals surface area contributed by atoms with Crippen molar-refractivity contribution in [2.24, 2.45) is 0 Å². The van der Waals surface area contributed by atoms with Crippen molar-refractivity contribution >= 4 is 29.4 Å². The molecule has 0 saturated heterocycles. The van der Waals surface area contributed by atoms with E-state index in [-0.39, 0.29) is 5.91 Å². The van der Waals surface area contributed by atoms with Gasteiger partial charge in [0.05, 0.1) is 16.9 Å². The van der Waals surface area contributed by atoms with Crippen LogP contribution in [0.2, 0.25) is 0 Å².